The van der Waals surface area contributed by atoms with E-state index in [1.807, 2.05) is 62.4 Å². The highest BCUT2D eigenvalue weighted by Crippen LogP contribution is 2.20. The molecule has 0 saturated carbocycles. The Labute approximate surface area is 171 Å². The molecule has 150 valence electrons. The molecule has 1 amide bonds. The van der Waals surface area contributed by atoms with Gasteiger partial charge in [0.25, 0.3) is 5.91 Å². The smallest absolute Gasteiger partial charge is 0.274 e. The number of nitrogens with zero attached hydrogens (tertiary/aromatic N) is 2. The third-order valence-corrected chi connectivity index (χ3v) is 4.59. The normalized spacial score (nSPS) is 10.6. The number of methoxy groups -OCH3 is 1. The van der Waals surface area contributed by atoms with Gasteiger partial charge >= 0.3 is 0 Å². The molecule has 0 aliphatic carbocycles. The van der Waals surface area contributed by atoms with E-state index in [0.29, 0.717) is 30.5 Å². The molecule has 0 bridgehead atoms. The Morgan fingerprint density at radius 1 is 1.00 bits per heavy atom. The minimum absolute atomic E-state index is 0.271. The summed E-state index contributed by atoms with van der Waals surface area (Å²) in [7, 11) is 1.67. The van der Waals surface area contributed by atoms with E-state index in [2.05, 4.69) is 20.6 Å². The molecule has 2 N–H and O–H groups in total. The lowest BCUT2D eigenvalue weighted by atomic mass is 10.1. The van der Waals surface area contributed by atoms with Crippen molar-refractivity contribution in [3.8, 4) is 11.4 Å². The molecule has 6 heteroatoms. The van der Waals surface area contributed by atoms with Gasteiger partial charge in [-0.15, -0.1) is 0 Å². The summed E-state index contributed by atoms with van der Waals surface area (Å²) in [5.74, 6) is 0.848. The highest BCUT2D eigenvalue weighted by molar-refractivity contribution is 6.03. The Bertz CT molecular complexity index is 974. The monoisotopic (exact) mass is 390 g/mol. The van der Waals surface area contributed by atoms with E-state index in [1.54, 1.807) is 13.2 Å². The van der Waals surface area contributed by atoms with E-state index in [4.69, 9.17) is 4.74 Å². The number of aromatic nitrogens is 2. The van der Waals surface area contributed by atoms with Crippen molar-refractivity contribution in [2.24, 2.45) is 0 Å². The van der Waals surface area contributed by atoms with Crippen LogP contribution in [0.4, 0.5) is 11.5 Å². The van der Waals surface area contributed by atoms with Crippen LogP contribution >= 0.6 is 0 Å². The molecule has 1 aromatic heterocycles. The Morgan fingerprint density at radius 3 is 2.52 bits per heavy atom. The van der Waals surface area contributed by atoms with Crippen LogP contribution in [0.15, 0.2) is 54.6 Å². The third-order valence-electron chi connectivity index (χ3n) is 4.59. The molecular weight excluding hydrogens is 364 g/mol. The highest BCUT2D eigenvalue weighted by atomic mass is 16.5. The molecule has 0 aliphatic rings. The first kappa shape index (κ1) is 20.5. The van der Waals surface area contributed by atoms with Crippen LogP contribution in [0.2, 0.25) is 0 Å². The van der Waals surface area contributed by atoms with Crippen molar-refractivity contribution in [1.29, 1.82) is 0 Å². The summed E-state index contributed by atoms with van der Waals surface area (Å²) in [6.07, 6.45) is 0.839. The summed E-state index contributed by atoms with van der Waals surface area (Å²) < 4.78 is 5.08. The molecular formula is C23H26N4O2. The highest BCUT2D eigenvalue weighted by Gasteiger charge is 2.14. The number of carbonyl (C=O) groups is 1. The lowest BCUT2D eigenvalue weighted by Crippen LogP contribution is -2.16. The maximum Gasteiger partial charge on any atom is 0.274 e. The summed E-state index contributed by atoms with van der Waals surface area (Å²) in [6, 6.07) is 17.1. The quantitative estimate of drug-likeness (QED) is 0.555. The van der Waals surface area contributed by atoms with Crippen molar-refractivity contribution in [2.75, 3.05) is 30.9 Å². The van der Waals surface area contributed by atoms with Gasteiger partial charge in [0.05, 0.1) is 0 Å². The number of carbonyl (C=O) groups excluding carboxylic acids is 1. The molecule has 3 aromatic rings. The van der Waals surface area contributed by atoms with Gasteiger partial charge in [0.1, 0.15) is 11.5 Å². The van der Waals surface area contributed by atoms with E-state index in [1.165, 1.54) is 5.56 Å². The number of benzene rings is 2. The van der Waals surface area contributed by atoms with Crippen LogP contribution in [-0.4, -0.2) is 36.1 Å². The van der Waals surface area contributed by atoms with Crippen LogP contribution in [-0.2, 0) is 4.74 Å². The van der Waals surface area contributed by atoms with Gasteiger partial charge in [0.15, 0.2) is 5.82 Å². The summed E-state index contributed by atoms with van der Waals surface area (Å²) in [5, 5.41) is 6.19. The predicted molar refractivity (Wildman–Crippen MR) is 116 cm³/mol. The first-order chi connectivity index (χ1) is 14.1. The largest absolute Gasteiger partial charge is 0.385 e. The number of anilines is 2. The predicted octanol–water partition coefficient (Wildman–Crippen LogP) is 4.46. The number of amides is 1. The van der Waals surface area contributed by atoms with Crippen molar-refractivity contribution in [2.45, 2.75) is 20.3 Å². The number of rotatable bonds is 8. The number of nitrogens with one attached hydrogen (secondary N) is 2. The van der Waals surface area contributed by atoms with Crippen LogP contribution < -0.4 is 10.6 Å². The van der Waals surface area contributed by atoms with Crippen LogP contribution in [0.1, 0.15) is 28.0 Å². The zero-order valence-corrected chi connectivity index (χ0v) is 17.0. The molecule has 0 aliphatic heterocycles. The molecule has 3 rings (SSSR count). The fourth-order valence-electron chi connectivity index (χ4n) is 2.82. The number of ether oxygens (including phenoxy) is 1. The number of hydrogen-bond acceptors (Lipinski definition) is 5. The van der Waals surface area contributed by atoms with E-state index in [0.717, 1.165) is 23.2 Å². The Balaban J connectivity index is 1.86. The van der Waals surface area contributed by atoms with Gasteiger partial charge in [-0.2, -0.15) is 0 Å². The fourth-order valence-corrected chi connectivity index (χ4v) is 2.82. The first-order valence-electron chi connectivity index (χ1n) is 9.63. The van der Waals surface area contributed by atoms with E-state index in [-0.39, 0.29) is 5.91 Å². The topological polar surface area (TPSA) is 76.1 Å². The van der Waals surface area contributed by atoms with Gasteiger partial charge in [-0.3, -0.25) is 4.79 Å². The lowest BCUT2D eigenvalue weighted by Gasteiger charge is -2.11. The minimum Gasteiger partial charge on any atom is -0.385 e. The molecule has 0 radical (unpaired) electrons. The second-order valence-electron chi connectivity index (χ2n) is 6.85. The number of hydrogen-bond donors (Lipinski definition) is 2. The van der Waals surface area contributed by atoms with Crippen LogP contribution in [0.3, 0.4) is 0 Å². The summed E-state index contributed by atoms with van der Waals surface area (Å²) in [4.78, 5) is 21.9. The average molecular weight is 390 g/mol. The zero-order valence-electron chi connectivity index (χ0n) is 17.0. The van der Waals surface area contributed by atoms with Crippen molar-refractivity contribution < 1.29 is 9.53 Å². The van der Waals surface area contributed by atoms with Gasteiger partial charge in [-0.25, -0.2) is 9.97 Å². The van der Waals surface area contributed by atoms with Gasteiger partial charge in [-0.05, 0) is 43.5 Å². The van der Waals surface area contributed by atoms with Crippen molar-refractivity contribution in [3.63, 3.8) is 0 Å². The van der Waals surface area contributed by atoms with Crippen molar-refractivity contribution in [3.05, 3.63) is 71.4 Å². The molecule has 0 saturated heterocycles. The van der Waals surface area contributed by atoms with Crippen molar-refractivity contribution >= 4 is 17.4 Å². The Hall–Kier alpha value is -3.25. The SMILES string of the molecule is COCCCNc1cc(C(=O)Nc2ccc(C)c(C)c2)nc(-c2ccccc2)n1. The van der Waals surface area contributed by atoms with Crippen LogP contribution in [0, 0.1) is 13.8 Å². The average Bonchev–Trinajstić information content (AvgIpc) is 2.74. The van der Waals surface area contributed by atoms with Gasteiger partial charge in [0.2, 0.25) is 0 Å². The van der Waals surface area contributed by atoms with Crippen molar-refractivity contribution in [1.82, 2.24) is 9.97 Å². The van der Waals surface area contributed by atoms with Crippen LogP contribution in [0.5, 0.6) is 0 Å². The first-order valence-corrected chi connectivity index (χ1v) is 9.63. The standard InChI is InChI=1S/C23H26N4O2/c1-16-10-11-19(14-17(16)2)25-23(28)20-15-21(24-12-7-13-29-3)27-22(26-20)18-8-5-4-6-9-18/h4-6,8-11,14-15H,7,12-13H2,1-3H3,(H,25,28)(H,24,26,27). The van der Waals surface area contributed by atoms with E-state index < -0.39 is 0 Å². The summed E-state index contributed by atoms with van der Waals surface area (Å²) in [6.45, 7) is 5.41. The molecule has 1 heterocycles. The van der Waals surface area contributed by atoms with Gasteiger partial charge in [0, 0.05) is 37.6 Å². The molecule has 6 nitrogen and oxygen atoms in total. The van der Waals surface area contributed by atoms with E-state index in [9.17, 15) is 4.79 Å². The number of aryl methyl sites for hydroxylation is 2. The third kappa shape index (κ3) is 5.62. The maximum absolute atomic E-state index is 12.9. The molecule has 2 aromatic carbocycles. The molecule has 0 spiro atoms. The molecule has 0 fully saturated rings. The maximum atomic E-state index is 12.9. The van der Waals surface area contributed by atoms with Crippen LogP contribution in [0.25, 0.3) is 11.4 Å². The fraction of sp³-hybridized carbons (Fsp3) is 0.261. The molecule has 0 unspecified atom stereocenters. The zero-order chi connectivity index (χ0) is 20.6. The Kier molecular flexibility index (Phi) is 6.92. The summed E-state index contributed by atoms with van der Waals surface area (Å²) >= 11 is 0. The molecule has 0 atom stereocenters. The van der Waals surface area contributed by atoms with E-state index >= 15 is 0 Å². The Morgan fingerprint density at radius 2 is 1.79 bits per heavy atom. The lowest BCUT2D eigenvalue weighted by molar-refractivity contribution is 0.102. The summed E-state index contributed by atoms with van der Waals surface area (Å²) in [5.41, 5.74) is 4.21. The second-order valence-corrected chi connectivity index (χ2v) is 6.85. The second kappa shape index (κ2) is 9.80. The molecule has 29 heavy (non-hydrogen) atoms. The van der Waals surface area contributed by atoms with Gasteiger partial charge in [-0.1, -0.05) is 36.4 Å². The minimum atomic E-state index is -0.271. The van der Waals surface area contributed by atoms with Gasteiger partial charge < -0.3 is 15.4 Å².